The molecule has 0 aliphatic carbocycles. The molecule has 2 N–H and O–H groups in total. The van der Waals surface area contributed by atoms with Gasteiger partial charge >= 0.3 is 0 Å². The fourth-order valence-corrected chi connectivity index (χ4v) is 2.88. The summed E-state index contributed by atoms with van der Waals surface area (Å²) in [6.07, 6.45) is 0. The Morgan fingerprint density at radius 3 is 2.74 bits per heavy atom. The van der Waals surface area contributed by atoms with E-state index in [2.05, 4.69) is 21.2 Å². The lowest BCUT2D eigenvalue weighted by Gasteiger charge is -2.07. The molecule has 8 heteroatoms. The van der Waals surface area contributed by atoms with E-state index in [1.54, 1.807) is 11.4 Å². The van der Waals surface area contributed by atoms with Crippen LogP contribution in [0.5, 0.6) is 5.75 Å². The van der Waals surface area contributed by atoms with Gasteiger partial charge in [0, 0.05) is 10.5 Å². The van der Waals surface area contributed by atoms with Crippen LogP contribution in [-0.2, 0) is 0 Å². The lowest BCUT2D eigenvalue weighted by atomic mass is 10.2. The van der Waals surface area contributed by atoms with Crippen LogP contribution in [0.4, 0.5) is 11.4 Å². The number of amides is 1. The Morgan fingerprint density at radius 2 is 2.16 bits per heavy atom. The van der Waals surface area contributed by atoms with Crippen LogP contribution in [-0.4, -0.2) is 15.9 Å². The summed E-state index contributed by atoms with van der Waals surface area (Å²) in [4.78, 5) is 22.5. The van der Waals surface area contributed by atoms with Crippen molar-refractivity contribution in [2.45, 2.75) is 0 Å². The number of nitrogens with zero attached hydrogens (tertiary/aromatic N) is 1. The average Bonchev–Trinajstić information content (AvgIpc) is 2.77. The summed E-state index contributed by atoms with van der Waals surface area (Å²) in [5.41, 5.74) is -0.571. The number of nitro benzene ring substituents is 1. The minimum absolute atomic E-state index is 0.210. The highest BCUT2D eigenvalue weighted by Gasteiger charge is 2.21. The zero-order chi connectivity index (χ0) is 14.0. The van der Waals surface area contributed by atoms with Gasteiger partial charge in [0.2, 0.25) is 0 Å². The Balaban J connectivity index is 2.36. The van der Waals surface area contributed by atoms with Crippen LogP contribution in [0.2, 0.25) is 0 Å². The van der Waals surface area contributed by atoms with E-state index in [1.165, 1.54) is 29.5 Å². The average molecular weight is 343 g/mol. The summed E-state index contributed by atoms with van der Waals surface area (Å²) in [5, 5.41) is 24.5. The third kappa shape index (κ3) is 2.74. The first kappa shape index (κ1) is 13.5. The number of rotatable bonds is 3. The number of para-hydroxylation sites is 1. The lowest BCUT2D eigenvalue weighted by Crippen LogP contribution is -2.12. The number of carbonyl (C=O) groups is 1. The molecule has 0 fully saturated rings. The number of benzene rings is 1. The molecule has 0 unspecified atom stereocenters. The van der Waals surface area contributed by atoms with Crippen molar-refractivity contribution in [2.24, 2.45) is 0 Å². The number of carbonyl (C=O) groups excluding carboxylic acids is 1. The van der Waals surface area contributed by atoms with Crippen LogP contribution >= 0.6 is 27.3 Å². The Hall–Kier alpha value is -1.93. The first-order valence-corrected chi connectivity index (χ1v) is 6.68. The molecule has 2 rings (SSSR count). The zero-order valence-corrected chi connectivity index (χ0v) is 11.7. The number of nitro groups is 1. The summed E-state index contributed by atoms with van der Waals surface area (Å²) >= 11 is 4.39. The first-order valence-electron chi connectivity index (χ1n) is 5.01. The van der Waals surface area contributed by atoms with E-state index in [4.69, 9.17) is 0 Å². The van der Waals surface area contributed by atoms with Crippen LogP contribution in [0.25, 0.3) is 0 Å². The normalized spacial score (nSPS) is 10.2. The van der Waals surface area contributed by atoms with E-state index >= 15 is 0 Å². The molecule has 1 amide bonds. The number of aromatic hydroxyl groups is 1. The van der Waals surface area contributed by atoms with Crippen LogP contribution in [0.1, 0.15) is 9.67 Å². The smallest absolute Gasteiger partial charge is 0.296 e. The molecule has 6 nitrogen and oxygen atoms in total. The molecule has 1 aromatic carbocycles. The maximum atomic E-state index is 12.0. The zero-order valence-electron chi connectivity index (χ0n) is 9.29. The Bertz CT molecular complexity index is 656. The molecule has 0 aliphatic rings. The van der Waals surface area contributed by atoms with Gasteiger partial charge in [-0.05, 0) is 33.4 Å². The van der Waals surface area contributed by atoms with Crippen LogP contribution in [0.15, 0.2) is 34.1 Å². The molecule has 0 aliphatic heterocycles. The molecule has 0 bridgehead atoms. The van der Waals surface area contributed by atoms with Crippen molar-refractivity contribution in [3.63, 3.8) is 0 Å². The lowest BCUT2D eigenvalue weighted by molar-refractivity contribution is -0.384. The topological polar surface area (TPSA) is 92.5 Å². The second kappa shape index (κ2) is 5.37. The van der Waals surface area contributed by atoms with Crippen molar-refractivity contribution in [3.8, 4) is 5.75 Å². The van der Waals surface area contributed by atoms with Gasteiger partial charge in [-0.15, -0.1) is 11.3 Å². The molecule has 0 radical (unpaired) electrons. The maximum Gasteiger partial charge on any atom is 0.296 e. The van der Waals surface area contributed by atoms with Gasteiger partial charge in [-0.3, -0.25) is 14.9 Å². The van der Waals surface area contributed by atoms with Gasteiger partial charge in [0.1, 0.15) is 10.6 Å². The fraction of sp³-hybridized carbons (Fsp3) is 0. The van der Waals surface area contributed by atoms with Gasteiger partial charge in [-0.1, -0.05) is 6.07 Å². The molecular weight excluding hydrogens is 336 g/mol. The minimum Gasteiger partial charge on any atom is -0.505 e. The predicted molar refractivity (Wildman–Crippen MR) is 74.7 cm³/mol. The van der Waals surface area contributed by atoms with Crippen LogP contribution < -0.4 is 5.32 Å². The summed E-state index contributed by atoms with van der Waals surface area (Å²) in [6.45, 7) is 0. The second-order valence-electron chi connectivity index (χ2n) is 3.48. The largest absolute Gasteiger partial charge is 0.505 e. The predicted octanol–water partition coefficient (Wildman–Crippen LogP) is 3.38. The van der Waals surface area contributed by atoms with Gasteiger partial charge in [0.25, 0.3) is 11.6 Å². The fourth-order valence-electron chi connectivity index (χ4n) is 1.43. The van der Waals surface area contributed by atoms with E-state index < -0.39 is 10.8 Å². The number of phenolic OH excluding ortho intramolecular Hbond substituents is 1. The number of nitrogens with one attached hydrogen (secondary N) is 1. The molecule has 19 heavy (non-hydrogen) atoms. The van der Waals surface area contributed by atoms with Gasteiger partial charge in [0.05, 0.1) is 4.92 Å². The molecule has 0 atom stereocenters. The van der Waals surface area contributed by atoms with E-state index in [0.717, 1.165) is 0 Å². The van der Waals surface area contributed by atoms with E-state index in [-0.39, 0.29) is 17.1 Å². The number of hydrogen-bond donors (Lipinski definition) is 2. The van der Waals surface area contributed by atoms with E-state index in [0.29, 0.717) is 9.35 Å². The highest BCUT2D eigenvalue weighted by molar-refractivity contribution is 9.10. The standard InChI is InChI=1S/C11H7BrN2O4S/c12-6-4-5-19-10(6)11(16)13-9-7(14(17)18)2-1-3-8(9)15/h1-5,15H,(H,13,16). The molecule has 0 spiro atoms. The quantitative estimate of drug-likeness (QED) is 0.508. The summed E-state index contributed by atoms with van der Waals surface area (Å²) in [6, 6.07) is 5.51. The summed E-state index contributed by atoms with van der Waals surface area (Å²) in [7, 11) is 0. The number of thiophene rings is 1. The molecule has 0 saturated carbocycles. The third-order valence-electron chi connectivity index (χ3n) is 2.28. The minimum atomic E-state index is -0.668. The van der Waals surface area contributed by atoms with E-state index in [9.17, 15) is 20.0 Å². The maximum absolute atomic E-state index is 12.0. The number of hydrogen-bond acceptors (Lipinski definition) is 5. The SMILES string of the molecule is O=C(Nc1c(O)cccc1[N+](=O)[O-])c1sccc1Br. The van der Waals surface area contributed by atoms with Crippen LogP contribution in [0.3, 0.4) is 0 Å². The summed E-state index contributed by atoms with van der Waals surface area (Å²) in [5.74, 6) is -0.873. The summed E-state index contributed by atoms with van der Waals surface area (Å²) < 4.78 is 0.591. The van der Waals surface area contributed by atoms with Crippen molar-refractivity contribution in [2.75, 3.05) is 5.32 Å². The molecule has 1 heterocycles. The number of anilines is 1. The molecule has 1 aromatic heterocycles. The van der Waals surface area contributed by atoms with Crippen LogP contribution in [0, 0.1) is 10.1 Å². The van der Waals surface area contributed by atoms with Gasteiger partial charge in [0.15, 0.2) is 5.69 Å². The van der Waals surface area contributed by atoms with Crippen molar-refractivity contribution >= 4 is 44.5 Å². The second-order valence-corrected chi connectivity index (χ2v) is 5.25. The Morgan fingerprint density at radius 1 is 1.42 bits per heavy atom. The van der Waals surface area contributed by atoms with Crippen molar-refractivity contribution < 1.29 is 14.8 Å². The highest BCUT2D eigenvalue weighted by Crippen LogP contribution is 2.34. The Labute approximate surface area is 120 Å². The first-order chi connectivity index (χ1) is 9.00. The molecule has 2 aromatic rings. The number of phenols is 1. The van der Waals surface area contributed by atoms with Crippen molar-refractivity contribution in [1.82, 2.24) is 0 Å². The molecule has 0 saturated heterocycles. The van der Waals surface area contributed by atoms with Gasteiger partial charge in [-0.25, -0.2) is 0 Å². The third-order valence-corrected chi connectivity index (χ3v) is 4.12. The molecule has 98 valence electrons. The van der Waals surface area contributed by atoms with Crippen molar-refractivity contribution in [3.05, 3.63) is 49.1 Å². The molecular formula is C11H7BrN2O4S. The Kier molecular flexibility index (Phi) is 3.82. The van der Waals surface area contributed by atoms with E-state index in [1.807, 2.05) is 0 Å². The van der Waals surface area contributed by atoms with Gasteiger partial charge in [-0.2, -0.15) is 0 Å². The number of halogens is 1. The monoisotopic (exact) mass is 342 g/mol. The van der Waals surface area contributed by atoms with Crippen molar-refractivity contribution in [1.29, 1.82) is 0 Å². The van der Waals surface area contributed by atoms with Gasteiger partial charge < -0.3 is 10.4 Å². The highest BCUT2D eigenvalue weighted by atomic mass is 79.9.